The summed E-state index contributed by atoms with van der Waals surface area (Å²) in [5.41, 5.74) is 4.68. The summed E-state index contributed by atoms with van der Waals surface area (Å²) >= 11 is 0. The molecule has 0 aromatic heterocycles. The maximum Gasteiger partial charge on any atom is 0.326 e. The van der Waals surface area contributed by atoms with Crippen LogP contribution in [0.1, 0.15) is 44.9 Å². The van der Waals surface area contributed by atoms with Gasteiger partial charge in [-0.1, -0.05) is 19.3 Å². The van der Waals surface area contributed by atoms with Crippen molar-refractivity contribution in [1.82, 2.24) is 15.1 Å². The Labute approximate surface area is 130 Å². The van der Waals surface area contributed by atoms with Gasteiger partial charge >= 0.3 is 6.03 Å². The molecule has 0 aromatic carbocycles. The SMILES string of the molecule is NC(=O)C1CCN(CN2C(=O)NC3(CCCCC3)C2=O)CC1. The third-order valence-electron chi connectivity index (χ3n) is 5.28. The van der Waals surface area contributed by atoms with Gasteiger partial charge in [-0.3, -0.25) is 14.5 Å². The first-order valence-corrected chi connectivity index (χ1v) is 8.18. The van der Waals surface area contributed by atoms with Gasteiger partial charge < -0.3 is 11.1 Å². The zero-order valence-corrected chi connectivity index (χ0v) is 12.8. The molecule has 122 valence electrons. The summed E-state index contributed by atoms with van der Waals surface area (Å²) in [5, 5.41) is 2.92. The monoisotopic (exact) mass is 308 g/mol. The predicted molar refractivity (Wildman–Crippen MR) is 79.6 cm³/mol. The normalized spacial score (nSPS) is 26.5. The van der Waals surface area contributed by atoms with E-state index >= 15 is 0 Å². The second-order valence-electron chi connectivity index (χ2n) is 6.74. The van der Waals surface area contributed by atoms with Crippen molar-refractivity contribution in [2.24, 2.45) is 11.7 Å². The van der Waals surface area contributed by atoms with Gasteiger partial charge in [0.1, 0.15) is 5.54 Å². The van der Waals surface area contributed by atoms with E-state index < -0.39 is 5.54 Å². The zero-order valence-electron chi connectivity index (χ0n) is 12.8. The van der Waals surface area contributed by atoms with Crippen molar-refractivity contribution in [3.63, 3.8) is 0 Å². The molecule has 4 amide bonds. The molecule has 7 nitrogen and oxygen atoms in total. The van der Waals surface area contributed by atoms with Crippen LogP contribution in [0.4, 0.5) is 4.79 Å². The molecule has 1 spiro atoms. The van der Waals surface area contributed by atoms with Gasteiger partial charge in [-0.15, -0.1) is 0 Å². The Morgan fingerprint density at radius 2 is 1.82 bits per heavy atom. The maximum atomic E-state index is 12.7. The van der Waals surface area contributed by atoms with Crippen LogP contribution < -0.4 is 11.1 Å². The van der Waals surface area contributed by atoms with Gasteiger partial charge in [0, 0.05) is 19.0 Å². The van der Waals surface area contributed by atoms with Gasteiger partial charge in [0.15, 0.2) is 0 Å². The number of nitrogens with one attached hydrogen (secondary N) is 1. The summed E-state index contributed by atoms with van der Waals surface area (Å²) < 4.78 is 0. The van der Waals surface area contributed by atoms with E-state index in [1.165, 1.54) is 4.90 Å². The highest BCUT2D eigenvalue weighted by molar-refractivity contribution is 6.07. The molecular formula is C15H24N4O3. The molecule has 2 aliphatic heterocycles. The van der Waals surface area contributed by atoms with Crippen LogP contribution in [0.3, 0.4) is 0 Å². The van der Waals surface area contributed by atoms with Crippen LogP contribution in [-0.4, -0.2) is 52.9 Å². The van der Waals surface area contributed by atoms with Crippen molar-refractivity contribution in [2.45, 2.75) is 50.5 Å². The number of primary amides is 1. The summed E-state index contributed by atoms with van der Waals surface area (Å²) in [6, 6.07) is -0.274. The second-order valence-corrected chi connectivity index (χ2v) is 6.74. The van der Waals surface area contributed by atoms with E-state index in [2.05, 4.69) is 10.2 Å². The van der Waals surface area contributed by atoms with Gasteiger partial charge in [0.2, 0.25) is 5.91 Å². The topological polar surface area (TPSA) is 95.7 Å². The summed E-state index contributed by atoms with van der Waals surface area (Å²) in [4.78, 5) is 39.5. The molecule has 0 bridgehead atoms. The zero-order chi connectivity index (χ0) is 15.7. The van der Waals surface area contributed by atoms with Crippen LogP contribution in [0.5, 0.6) is 0 Å². The van der Waals surface area contributed by atoms with Crippen molar-refractivity contribution in [1.29, 1.82) is 0 Å². The average Bonchev–Trinajstić information content (AvgIpc) is 2.73. The number of rotatable bonds is 3. The Morgan fingerprint density at radius 1 is 1.18 bits per heavy atom. The van der Waals surface area contributed by atoms with E-state index in [0.29, 0.717) is 32.6 Å². The predicted octanol–water partition coefficient (Wildman–Crippen LogP) is 0.396. The number of nitrogens with zero attached hydrogens (tertiary/aromatic N) is 2. The number of carbonyl (C=O) groups excluding carboxylic acids is 3. The Kier molecular flexibility index (Phi) is 4.08. The molecule has 1 aliphatic carbocycles. The van der Waals surface area contributed by atoms with Crippen LogP contribution in [0.2, 0.25) is 0 Å². The van der Waals surface area contributed by atoms with Gasteiger partial charge in [-0.25, -0.2) is 9.69 Å². The average molecular weight is 308 g/mol. The van der Waals surface area contributed by atoms with Crippen LogP contribution in [-0.2, 0) is 9.59 Å². The van der Waals surface area contributed by atoms with Gasteiger partial charge in [0.05, 0.1) is 6.67 Å². The first-order valence-electron chi connectivity index (χ1n) is 8.18. The number of likely N-dealkylation sites (tertiary alicyclic amines) is 1. The minimum Gasteiger partial charge on any atom is -0.369 e. The van der Waals surface area contributed by atoms with E-state index in [0.717, 1.165) is 32.1 Å². The Balaban J connectivity index is 1.60. The lowest BCUT2D eigenvalue weighted by molar-refractivity contribution is -0.134. The van der Waals surface area contributed by atoms with Gasteiger partial charge in [0.25, 0.3) is 5.91 Å². The van der Waals surface area contributed by atoms with Gasteiger partial charge in [-0.2, -0.15) is 0 Å². The molecule has 3 fully saturated rings. The summed E-state index contributed by atoms with van der Waals surface area (Å²) in [5.74, 6) is -0.408. The van der Waals surface area contributed by atoms with E-state index in [-0.39, 0.29) is 23.8 Å². The highest BCUT2D eigenvalue weighted by Gasteiger charge is 2.51. The number of urea groups is 1. The van der Waals surface area contributed by atoms with Gasteiger partial charge in [-0.05, 0) is 25.7 Å². The van der Waals surface area contributed by atoms with Crippen molar-refractivity contribution in [3.05, 3.63) is 0 Å². The molecule has 0 radical (unpaired) electrons. The quantitative estimate of drug-likeness (QED) is 0.738. The number of imide groups is 1. The molecule has 1 saturated carbocycles. The molecular weight excluding hydrogens is 284 g/mol. The molecule has 0 aromatic rings. The largest absolute Gasteiger partial charge is 0.369 e. The summed E-state index contributed by atoms with van der Waals surface area (Å²) in [7, 11) is 0. The fourth-order valence-electron chi connectivity index (χ4n) is 3.86. The Hall–Kier alpha value is -1.63. The molecule has 7 heteroatoms. The molecule has 3 N–H and O–H groups in total. The third-order valence-corrected chi connectivity index (χ3v) is 5.28. The molecule has 22 heavy (non-hydrogen) atoms. The molecule has 0 atom stereocenters. The maximum absolute atomic E-state index is 12.7. The van der Waals surface area contributed by atoms with Crippen LogP contribution in [0, 0.1) is 5.92 Å². The van der Waals surface area contributed by atoms with Crippen LogP contribution >= 0.6 is 0 Å². The van der Waals surface area contributed by atoms with E-state index in [9.17, 15) is 14.4 Å². The molecule has 2 heterocycles. The number of amides is 4. The van der Waals surface area contributed by atoms with E-state index in [1.807, 2.05) is 0 Å². The van der Waals surface area contributed by atoms with E-state index in [4.69, 9.17) is 5.73 Å². The number of piperidine rings is 1. The molecule has 3 rings (SSSR count). The number of hydrogen-bond acceptors (Lipinski definition) is 4. The standard InChI is InChI=1S/C15H24N4O3/c16-12(20)11-4-8-18(9-5-11)10-19-13(21)15(17-14(19)22)6-2-1-3-7-15/h11H,1-10H2,(H2,16,20)(H,17,22). The highest BCUT2D eigenvalue weighted by Crippen LogP contribution is 2.33. The fraction of sp³-hybridized carbons (Fsp3) is 0.800. The van der Waals surface area contributed by atoms with Crippen molar-refractivity contribution >= 4 is 17.8 Å². The van der Waals surface area contributed by atoms with Crippen molar-refractivity contribution in [2.75, 3.05) is 19.8 Å². The third kappa shape index (κ3) is 2.69. The smallest absolute Gasteiger partial charge is 0.326 e. The molecule has 0 unspecified atom stereocenters. The lowest BCUT2D eigenvalue weighted by atomic mass is 9.82. The highest BCUT2D eigenvalue weighted by atomic mass is 16.2. The fourth-order valence-corrected chi connectivity index (χ4v) is 3.86. The van der Waals surface area contributed by atoms with Crippen LogP contribution in [0.15, 0.2) is 0 Å². The summed E-state index contributed by atoms with van der Waals surface area (Å²) in [6.45, 7) is 1.70. The number of carbonyl (C=O) groups is 3. The minimum atomic E-state index is -0.652. The summed E-state index contributed by atoms with van der Waals surface area (Å²) in [6.07, 6.45) is 6.00. The van der Waals surface area contributed by atoms with Crippen LogP contribution in [0.25, 0.3) is 0 Å². The van der Waals surface area contributed by atoms with Crippen molar-refractivity contribution < 1.29 is 14.4 Å². The molecule has 2 saturated heterocycles. The lowest BCUT2D eigenvalue weighted by Crippen LogP contribution is -2.50. The van der Waals surface area contributed by atoms with Crippen molar-refractivity contribution in [3.8, 4) is 0 Å². The lowest BCUT2D eigenvalue weighted by Gasteiger charge is -2.33. The number of hydrogen-bond donors (Lipinski definition) is 2. The first-order chi connectivity index (χ1) is 10.5. The Bertz CT molecular complexity index is 479. The Morgan fingerprint density at radius 3 is 2.41 bits per heavy atom. The minimum absolute atomic E-state index is 0.0748. The first kappa shape index (κ1) is 15.3. The molecule has 3 aliphatic rings. The second kappa shape index (κ2) is 5.87. The van der Waals surface area contributed by atoms with E-state index in [1.54, 1.807) is 0 Å². The number of nitrogens with two attached hydrogens (primary N) is 1.